The highest BCUT2D eigenvalue weighted by atomic mass is 35.5. The fourth-order valence-corrected chi connectivity index (χ4v) is 2.74. The van der Waals surface area contributed by atoms with E-state index in [-0.39, 0.29) is 16.6 Å². The minimum absolute atomic E-state index is 0.00284. The van der Waals surface area contributed by atoms with E-state index < -0.39 is 17.3 Å². The van der Waals surface area contributed by atoms with Crippen LogP contribution in [0.4, 0.5) is 13.2 Å². The predicted octanol–water partition coefficient (Wildman–Crippen LogP) is 4.64. The number of hydrogen-bond acceptors (Lipinski definition) is 5. The van der Waals surface area contributed by atoms with Crippen LogP contribution in [0.3, 0.4) is 0 Å². The minimum atomic E-state index is -4.53. The molecule has 10 heteroatoms. The number of rotatable bonds is 3. The lowest BCUT2D eigenvalue weighted by molar-refractivity contribution is -0.137. The lowest BCUT2D eigenvalue weighted by Gasteiger charge is -2.10. The van der Waals surface area contributed by atoms with E-state index in [9.17, 15) is 18.0 Å². The van der Waals surface area contributed by atoms with Gasteiger partial charge in [-0.3, -0.25) is 9.78 Å². The summed E-state index contributed by atoms with van der Waals surface area (Å²) in [6.45, 7) is 0. The summed E-state index contributed by atoms with van der Waals surface area (Å²) < 4.78 is 44.4. The van der Waals surface area contributed by atoms with Crippen molar-refractivity contribution in [3.8, 4) is 17.3 Å². The first-order valence-electron chi connectivity index (χ1n) is 8.17. The number of nitrogens with zero attached hydrogens (tertiary/aromatic N) is 4. The summed E-state index contributed by atoms with van der Waals surface area (Å²) in [6.07, 6.45) is -1.06. The molecule has 0 bridgehead atoms. The highest BCUT2D eigenvalue weighted by Gasteiger charge is 2.30. The zero-order valence-electron chi connectivity index (χ0n) is 14.4. The molecule has 0 aliphatic heterocycles. The maximum absolute atomic E-state index is 12.7. The van der Waals surface area contributed by atoms with E-state index in [4.69, 9.17) is 16.3 Å². The van der Waals surface area contributed by atoms with Crippen molar-refractivity contribution >= 4 is 22.5 Å². The second-order valence-electron chi connectivity index (χ2n) is 5.90. The van der Waals surface area contributed by atoms with Crippen molar-refractivity contribution in [2.24, 2.45) is 0 Å². The van der Waals surface area contributed by atoms with E-state index in [1.165, 1.54) is 6.20 Å². The van der Waals surface area contributed by atoms with E-state index >= 15 is 0 Å². The van der Waals surface area contributed by atoms with Crippen molar-refractivity contribution in [1.82, 2.24) is 19.7 Å². The molecule has 0 N–H and O–H groups in total. The SMILES string of the molecule is O=c1c(Cl)c(Oc2ccc3ncccc3c2)cnn1-c1ccc(C(F)(F)F)cn1. The first-order chi connectivity index (χ1) is 13.8. The monoisotopic (exact) mass is 418 g/mol. The molecule has 3 heterocycles. The van der Waals surface area contributed by atoms with Gasteiger partial charge in [0.2, 0.25) is 0 Å². The third kappa shape index (κ3) is 3.77. The van der Waals surface area contributed by atoms with Crippen molar-refractivity contribution in [3.05, 3.63) is 82.0 Å². The molecule has 6 nitrogen and oxygen atoms in total. The van der Waals surface area contributed by atoms with Crippen LogP contribution in [0.25, 0.3) is 16.7 Å². The smallest absolute Gasteiger partial charge is 0.417 e. The molecular weight excluding hydrogens is 409 g/mol. The van der Waals surface area contributed by atoms with Crippen LogP contribution in [0, 0.1) is 0 Å². The molecule has 4 aromatic rings. The van der Waals surface area contributed by atoms with Crippen molar-refractivity contribution in [2.75, 3.05) is 0 Å². The summed E-state index contributed by atoms with van der Waals surface area (Å²) in [4.78, 5) is 20.3. The molecule has 0 amide bonds. The number of fused-ring (bicyclic) bond motifs is 1. The van der Waals surface area contributed by atoms with Gasteiger partial charge in [0.1, 0.15) is 5.75 Å². The molecule has 4 rings (SSSR count). The Morgan fingerprint density at radius 1 is 1.03 bits per heavy atom. The van der Waals surface area contributed by atoms with Crippen molar-refractivity contribution < 1.29 is 17.9 Å². The summed E-state index contributed by atoms with van der Waals surface area (Å²) in [5.74, 6) is 0.315. The molecule has 0 radical (unpaired) electrons. The molecule has 0 saturated carbocycles. The number of alkyl halides is 3. The predicted molar refractivity (Wildman–Crippen MR) is 99.5 cm³/mol. The molecule has 0 aliphatic carbocycles. The van der Waals surface area contributed by atoms with Crippen LogP contribution in [0.2, 0.25) is 5.02 Å². The van der Waals surface area contributed by atoms with Crippen LogP contribution in [0.5, 0.6) is 11.5 Å². The molecule has 0 fully saturated rings. The van der Waals surface area contributed by atoms with Crippen LogP contribution in [-0.2, 0) is 6.18 Å². The molecule has 0 atom stereocenters. The van der Waals surface area contributed by atoms with Crippen molar-refractivity contribution in [3.63, 3.8) is 0 Å². The zero-order valence-corrected chi connectivity index (χ0v) is 15.1. The Balaban J connectivity index is 1.65. The fraction of sp³-hybridized carbons (Fsp3) is 0.0526. The van der Waals surface area contributed by atoms with Crippen LogP contribution in [0.1, 0.15) is 5.56 Å². The Hall–Kier alpha value is -3.46. The van der Waals surface area contributed by atoms with Gasteiger partial charge in [0.15, 0.2) is 16.6 Å². The average molecular weight is 419 g/mol. The summed E-state index contributed by atoms with van der Waals surface area (Å²) in [6, 6.07) is 10.6. The molecular formula is C19H10ClF3N4O2. The molecule has 0 spiro atoms. The van der Waals surface area contributed by atoms with Gasteiger partial charge < -0.3 is 4.74 Å². The molecule has 3 aromatic heterocycles. The Bertz CT molecular complexity index is 1260. The number of ether oxygens (including phenoxy) is 1. The summed E-state index contributed by atoms with van der Waals surface area (Å²) >= 11 is 6.10. The number of hydrogen-bond donors (Lipinski definition) is 0. The summed E-state index contributed by atoms with van der Waals surface area (Å²) in [5.41, 5.74) is -0.946. The van der Waals surface area contributed by atoms with E-state index in [1.54, 1.807) is 30.5 Å². The van der Waals surface area contributed by atoms with Crippen LogP contribution in [-0.4, -0.2) is 19.7 Å². The van der Waals surface area contributed by atoms with E-state index in [2.05, 4.69) is 15.1 Å². The average Bonchev–Trinajstić information content (AvgIpc) is 2.71. The second-order valence-corrected chi connectivity index (χ2v) is 6.28. The van der Waals surface area contributed by atoms with Crippen LogP contribution < -0.4 is 10.3 Å². The maximum Gasteiger partial charge on any atom is 0.417 e. The van der Waals surface area contributed by atoms with Crippen molar-refractivity contribution in [2.45, 2.75) is 6.18 Å². The largest absolute Gasteiger partial charge is 0.454 e. The highest BCUT2D eigenvalue weighted by Crippen LogP contribution is 2.30. The number of benzene rings is 1. The van der Waals surface area contributed by atoms with Gasteiger partial charge in [-0.1, -0.05) is 17.7 Å². The fourth-order valence-electron chi connectivity index (χ4n) is 2.58. The van der Waals surface area contributed by atoms with E-state index in [0.29, 0.717) is 11.9 Å². The highest BCUT2D eigenvalue weighted by molar-refractivity contribution is 6.31. The third-order valence-electron chi connectivity index (χ3n) is 3.98. The van der Waals surface area contributed by atoms with Gasteiger partial charge in [-0.25, -0.2) is 4.98 Å². The number of halogens is 4. The molecule has 29 heavy (non-hydrogen) atoms. The molecule has 1 aromatic carbocycles. The molecule has 146 valence electrons. The van der Waals surface area contributed by atoms with Crippen LogP contribution in [0.15, 0.2) is 65.8 Å². The minimum Gasteiger partial charge on any atom is -0.454 e. The van der Waals surface area contributed by atoms with Gasteiger partial charge in [-0.2, -0.15) is 23.0 Å². The van der Waals surface area contributed by atoms with Crippen LogP contribution >= 0.6 is 11.6 Å². The van der Waals surface area contributed by atoms with Gasteiger partial charge in [-0.05, 0) is 36.4 Å². The standard InChI is InChI=1S/C19H10ClF3N4O2/c20-17-15(29-13-4-5-14-11(8-13)2-1-7-24-14)10-26-27(18(17)28)16-6-3-12(9-25-16)19(21,22)23/h1-10H. The Morgan fingerprint density at radius 2 is 1.86 bits per heavy atom. The van der Waals surface area contributed by atoms with Crippen molar-refractivity contribution in [1.29, 1.82) is 0 Å². The zero-order chi connectivity index (χ0) is 20.6. The first-order valence-corrected chi connectivity index (χ1v) is 8.55. The maximum atomic E-state index is 12.7. The van der Waals surface area contributed by atoms with Gasteiger partial charge in [0.25, 0.3) is 5.56 Å². The number of aromatic nitrogens is 4. The lowest BCUT2D eigenvalue weighted by Crippen LogP contribution is -2.22. The summed E-state index contributed by atoms with van der Waals surface area (Å²) in [5, 5.41) is 4.44. The summed E-state index contributed by atoms with van der Waals surface area (Å²) in [7, 11) is 0. The molecule has 0 saturated heterocycles. The van der Waals surface area contributed by atoms with Gasteiger partial charge in [-0.15, -0.1) is 0 Å². The Kier molecular flexibility index (Phi) is 4.67. The Morgan fingerprint density at radius 3 is 2.59 bits per heavy atom. The van der Waals surface area contributed by atoms with E-state index in [0.717, 1.165) is 27.7 Å². The quantitative estimate of drug-likeness (QED) is 0.485. The molecule has 0 aliphatic rings. The van der Waals surface area contributed by atoms with Gasteiger partial charge in [0.05, 0.1) is 17.3 Å². The lowest BCUT2D eigenvalue weighted by atomic mass is 10.2. The normalized spacial score (nSPS) is 11.6. The topological polar surface area (TPSA) is 69.9 Å². The van der Waals surface area contributed by atoms with Gasteiger partial charge >= 0.3 is 6.18 Å². The van der Waals surface area contributed by atoms with E-state index in [1.807, 2.05) is 6.07 Å². The second kappa shape index (κ2) is 7.17. The van der Waals surface area contributed by atoms with Gasteiger partial charge in [0, 0.05) is 17.8 Å². The first kappa shape index (κ1) is 18.9. The number of pyridine rings is 2. The third-order valence-corrected chi connectivity index (χ3v) is 4.33. The Labute approximate surface area is 166 Å². The molecule has 0 unspecified atom stereocenters.